The van der Waals surface area contributed by atoms with Crippen molar-refractivity contribution in [2.75, 3.05) is 0 Å². The summed E-state index contributed by atoms with van der Waals surface area (Å²) in [7, 11) is -3.76. The second kappa shape index (κ2) is 6.05. The Bertz CT molecular complexity index is 978. The van der Waals surface area contributed by atoms with E-state index in [1.807, 2.05) is 19.1 Å². The molecule has 0 aliphatic heterocycles. The van der Waals surface area contributed by atoms with Crippen LogP contribution in [0.15, 0.2) is 53.8 Å². The lowest BCUT2D eigenvalue weighted by atomic mass is 9.65. The monoisotopic (exact) mass is 373 g/mol. The van der Waals surface area contributed by atoms with Gasteiger partial charge in [0.2, 0.25) is 6.04 Å². The van der Waals surface area contributed by atoms with Crippen LogP contribution >= 0.6 is 0 Å². The summed E-state index contributed by atoms with van der Waals surface area (Å²) in [5.41, 5.74) is 1.44. The lowest BCUT2D eigenvalue weighted by Gasteiger charge is -2.39. The Labute approximate surface area is 151 Å². The molecule has 2 aromatic rings. The van der Waals surface area contributed by atoms with Crippen molar-refractivity contribution in [3.05, 3.63) is 70.3 Å². The van der Waals surface area contributed by atoms with Crippen LogP contribution in [-0.2, 0) is 10.0 Å². The van der Waals surface area contributed by atoms with Crippen molar-refractivity contribution in [1.82, 2.24) is 8.96 Å². The summed E-state index contributed by atoms with van der Waals surface area (Å²) in [6.45, 7) is 1.88. The molecule has 0 radical (unpaired) electrons. The zero-order valence-corrected chi connectivity index (χ0v) is 15.0. The van der Waals surface area contributed by atoms with Crippen molar-refractivity contribution in [3.8, 4) is 0 Å². The molecule has 0 spiro atoms. The first-order valence-corrected chi connectivity index (χ1v) is 10.00. The lowest BCUT2D eigenvalue weighted by Crippen LogP contribution is -2.44. The Hall–Kier alpha value is -2.48. The summed E-state index contributed by atoms with van der Waals surface area (Å²) in [6, 6.07) is 5.83. The van der Waals surface area contributed by atoms with E-state index < -0.39 is 16.1 Å². The standard InChI is InChI=1S/C18H19N3O4S/c1-12-2-8-15(9-3-12)26(24,25)20-10-16(19-11-20)17-13-4-6-14(7-5-13)18(17)21(22)23/h2-4,6,8-11,13-14,17-18H,5,7H2,1H3/t13-,14+,17-,18+/m0/s1. The van der Waals surface area contributed by atoms with Gasteiger partial charge >= 0.3 is 0 Å². The molecule has 1 heterocycles. The zero-order chi connectivity index (χ0) is 18.5. The van der Waals surface area contributed by atoms with Gasteiger partial charge in [0, 0.05) is 17.0 Å². The van der Waals surface area contributed by atoms with Crippen LogP contribution in [0.5, 0.6) is 0 Å². The fourth-order valence-corrected chi connectivity index (χ4v) is 5.25. The van der Waals surface area contributed by atoms with Gasteiger partial charge in [0.15, 0.2) is 0 Å². The van der Waals surface area contributed by atoms with Gasteiger partial charge in [-0.25, -0.2) is 17.4 Å². The Morgan fingerprint density at radius 3 is 2.42 bits per heavy atom. The van der Waals surface area contributed by atoms with Crippen LogP contribution < -0.4 is 0 Å². The number of imidazole rings is 1. The number of rotatable bonds is 4. The van der Waals surface area contributed by atoms with Crippen LogP contribution in [-0.4, -0.2) is 28.3 Å². The van der Waals surface area contributed by atoms with E-state index >= 15 is 0 Å². The quantitative estimate of drug-likeness (QED) is 0.466. The molecule has 3 aliphatic rings. The van der Waals surface area contributed by atoms with E-state index in [0.29, 0.717) is 5.69 Å². The number of nitro groups is 1. The maximum absolute atomic E-state index is 12.8. The Morgan fingerprint density at radius 1 is 1.15 bits per heavy atom. The highest BCUT2D eigenvalue weighted by Gasteiger charge is 2.49. The predicted octanol–water partition coefficient (Wildman–Crippen LogP) is 2.75. The van der Waals surface area contributed by atoms with Gasteiger partial charge in [-0.05, 0) is 37.8 Å². The second-order valence-corrected chi connectivity index (χ2v) is 8.88. The smallest absolute Gasteiger partial charge is 0.264 e. The van der Waals surface area contributed by atoms with Gasteiger partial charge in [0.05, 0.1) is 16.5 Å². The Kier molecular flexibility index (Phi) is 3.95. The number of aromatic nitrogens is 2. The maximum Gasteiger partial charge on any atom is 0.268 e. The van der Waals surface area contributed by atoms with Gasteiger partial charge in [-0.3, -0.25) is 10.1 Å². The number of hydrogen-bond donors (Lipinski definition) is 0. The summed E-state index contributed by atoms with van der Waals surface area (Å²) in [5.74, 6) is -0.470. The van der Waals surface area contributed by atoms with Crippen molar-refractivity contribution < 1.29 is 13.3 Å². The van der Waals surface area contributed by atoms with Crippen molar-refractivity contribution >= 4 is 10.0 Å². The fraction of sp³-hybridized carbons (Fsp3) is 0.389. The Morgan fingerprint density at radius 2 is 1.81 bits per heavy atom. The fourth-order valence-electron chi connectivity index (χ4n) is 4.10. The molecular weight excluding hydrogens is 354 g/mol. The largest absolute Gasteiger partial charge is 0.268 e. The molecule has 7 nitrogen and oxygen atoms in total. The molecule has 2 bridgehead atoms. The van der Waals surface area contributed by atoms with E-state index in [9.17, 15) is 18.5 Å². The first-order chi connectivity index (χ1) is 12.4. The SMILES string of the molecule is Cc1ccc(S(=O)(=O)n2cnc([C@H]3[C@H]([N+](=O)[O-])[C@@H]4C=C[C@H]3CC4)c2)cc1. The first-order valence-electron chi connectivity index (χ1n) is 8.56. The molecular formula is C18H19N3O4S. The number of fused-ring (bicyclic) bond motifs is 2. The summed E-state index contributed by atoms with van der Waals surface area (Å²) in [6.07, 6.45) is 8.29. The van der Waals surface area contributed by atoms with Gasteiger partial charge in [-0.1, -0.05) is 29.8 Å². The summed E-state index contributed by atoms with van der Waals surface area (Å²) in [5, 5.41) is 11.6. The minimum Gasteiger partial charge on any atom is -0.264 e. The highest BCUT2D eigenvalue weighted by molar-refractivity contribution is 7.90. The van der Waals surface area contributed by atoms with Crippen LogP contribution in [0, 0.1) is 28.9 Å². The Balaban J connectivity index is 1.71. The lowest BCUT2D eigenvalue weighted by molar-refractivity contribution is -0.539. The van der Waals surface area contributed by atoms with Crippen LogP contribution in [0.4, 0.5) is 0 Å². The minimum absolute atomic E-state index is 0.0285. The molecule has 136 valence electrons. The van der Waals surface area contributed by atoms with Crippen LogP contribution in [0.25, 0.3) is 0 Å². The van der Waals surface area contributed by atoms with Gasteiger partial charge in [-0.15, -0.1) is 0 Å². The van der Waals surface area contributed by atoms with E-state index in [2.05, 4.69) is 4.98 Å². The summed E-state index contributed by atoms with van der Waals surface area (Å²) < 4.78 is 26.6. The third-order valence-electron chi connectivity index (χ3n) is 5.47. The highest BCUT2D eigenvalue weighted by atomic mass is 32.2. The number of hydrogen-bond acceptors (Lipinski definition) is 5. The summed E-state index contributed by atoms with van der Waals surface area (Å²) in [4.78, 5) is 15.8. The predicted molar refractivity (Wildman–Crippen MR) is 94.9 cm³/mol. The van der Waals surface area contributed by atoms with Crippen LogP contribution in [0.3, 0.4) is 0 Å². The number of aryl methyl sites for hydroxylation is 1. The molecule has 4 atom stereocenters. The molecule has 0 saturated heterocycles. The summed E-state index contributed by atoms with van der Waals surface area (Å²) >= 11 is 0. The molecule has 0 unspecified atom stereocenters. The molecule has 1 aromatic carbocycles. The van der Waals surface area contributed by atoms with Crippen molar-refractivity contribution in [1.29, 1.82) is 0 Å². The minimum atomic E-state index is -3.76. The van der Waals surface area contributed by atoms with Gasteiger partial charge in [-0.2, -0.15) is 0 Å². The normalized spacial score (nSPS) is 27.6. The number of benzene rings is 1. The van der Waals surface area contributed by atoms with Gasteiger partial charge < -0.3 is 0 Å². The van der Waals surface area contributed by atoms with Crippen molar-refractivity contribution in [3.63, 3.8) is 0 Å². The topological polar surface area (TPSA) is 95.1 Å². The van der Waals surface area contributed by atoms with Gasteiger partial charge in [0.1, 0.15) is 6.33 Å². The van der Waals surface area contributed by atoms with E-state index in [0.717, 1.165) is 22.4 Å². The average Bonchev–Trinajstić information content (AvgIpc) is 3.13. The average molecular weight is 373 g/mol. The third kappa shape index (κ3) is 2.65. The molecule has 5 rings (SSSR count). The third-order valence-corrected chi connectivity index (χ3v) is 7.09. The zero-order valence-electron chi connectivity index (χ0n) is 14.2. The molecule has 0 N–H and O–H groups in total. The van der Waals surface area contributed by atoms with E-state index in [-0.39, 0.29) is 27.6 Å². The molecule has 26 heavy (non-hydrogen) atoms. The van der Waals surface area contributed by atoms with E-state index in [1.165, 1.54) is 12.5 Å². The van der Waals surface area contributed by atoms with Crippen LogP contribution in [0.1, 0.15) is 30.0 Å². The highest BCUT2D eigenvalue weighted by Crippen LogP contribution is 2.46. The molecule has 1 aromatic heterocycles. The van der Waals surface area contributed by atoms with Crippen molar-refractivity contribution in [2.24, 2.45) is 11.8 Å². The van der Waals surface area contributed by atoms with E-state index in [1.54, 1.807) is 24.3 Å². The van der Waals surface area contributed by atoms with Crippen LogP contribution in [0.2, 0.25) is 0 Å². The first kappa shape index (κ1) is 17.0. The van der Waals surface area contributed by atoms with Gasteiger partial charge in [0.25, 0.3) is 10.0 Å². The molecule has 1 fully saturated rings. The van der Waals surface area contributed by atoms with Crippen molar-refractivity contribution in [2.45, 2.75) is 36.6 Å². The number of nitrogens with zero attached hydrogens (tertiary/aromatic N) is 3. The second-order valence-electron chi connectivity index (χ2n) is 7.04. The molecule has 0 amide bonds. The van der Waals surface area contributed by atoms with E-state index in [4.69, 9.17) is 0 Å². The maximum atomic E-state index is 12.8. The molecule has 3 aliphatic carbocycles. The molecule has 1 saturated carbocycles. The number of allylic oxidation sites excluding steroid dienone is 1. The molecule has 8 heteroatoms.